The lowest BCUT2D eigenvalue weighted by Gasteiger charge is -2.28. The Morgan fingerprint density at radius 1 is 0.286 bits per heavy atom. The predicted octanol–water partition coefficient (Wildman–Crippen LogP) is 23.6. The highest BCUT2D eigenvalue weighted by Crippen LogP contribution is 2.36. The van der Waals surface area contributed by atoms with E-state index < -0.39 is 0 Å². The molecule has 1 amide bonds. The molecular formula is C76H147NO7. The number of carbonyl (C=O) groups excluding carboxylic acids is 4. The van der Waals surface area contributed by atoms with Crippen LogP contribution >= 0.6 is 0 Å². The third-order valence-corrected chi connectivity index (χ3v) is 19.0. The van der Waals surface area contributed by atoms with Gasteiger partial charge in [-0.1, -0.05) is 336 Å². The van der Waals surface area contributed by atoms with Gasteiger partial charge in [-0.3, -0.25) is 19.2 Å². The van der Waals surface area contributed by atoms with Gasteiger partial charge in [0.25, 0.3) is 0 Å². The fourth-order valence-corrected chi connectivity index (χ4v) is 13.4. The first kappa shape index (κ1) is 82.0. The summed E-state index contributed by atoms with van der Waals surface area (Å²) in [6, 6.07) is 0. The molecule has 498 valence electrons. The Balaban J connectivity index is 4.57. The Hall–Kier alpha value is -1.96. The maximum absolute atomic E-state index is 12.7. The average Bonchev–Trinajstić information content (AvgIpc) is 3.59. The molecule has 8 nitrogen and oxygen atoms in total. The molecule has 0 aromatic rings. The van der Waals surface area contributed by atoms with Crippen LogP contribution in [-0.4, -0.2) is 57.6 Å². The fourth-order valence-electron chi connectivity index (χ4n) is 13.4. The van der Waals surface area contributed by atoms with Gasteiger partial charge in [-0.25, -0.2) is 0 Å². The fraction of sp³-hybridized carbons (Fsp3) is 0.947. The van der Waals surface area contributed by atoms with E-state index in [4.69, 9.17) is 14.2 Å². The zero-order chi connectivity index (χ0) is 61.3. The van der Waals surface area contributed by atoms with E-state index in [2.05, 4.69) is 33.0 Å². The molecule has 0 heterocycles. The van der Waals surface area contributed by atoms with E-state index in [9.17, 15) is 19.2 Å². The van der Waals surface area contributed by atoms with Crippen molar-refractivity contribution in [3.05, 3.63) is 0 Å². The molecule has 4 atom stereocenters. The first-order valence-electron chi connectivity index (χ1n) is 37.8. The molecule has 0 aromatic heterocycles. The Kier molecular flexibility index (Phi) is 65.4. The molecule has 0 aliphatic rings. The quantitative estimate of drug-likeness (QED) is 0.0477. The van der Waals surface area contributed by atoms with Crippen LogP contribution in [0.1, 0.15) is 407 Å². The number of ether oxygens (including phenoxy) is 3. The summed E-state index contributed by atoms with van der Waals surface area (Å²) in [5.74, 6) is 3.71. The minimum absolute atomic E-state index is 0.0736. The molecule has 0 bridgehead atoms. The third-order valence-electron chi connectivity index (χ3n) is 19.0. The number of rotatable bonds is 70. The molecule has 0 saturated heterocycles. The molecule has 0 radical (unpaired) electrons. The van der Waals surface area contributed by atoms with Crippen molar-refractivity contribution in [2.75, 3.05) is 34.0 Å². The molecule has 0 fully saturated rings. The average molecular weight is 1190 g/mol. The maximum atomic E-state index is 12.7. The lowest BCUT2D eigenvalue weighted by atomic mass is 9.78. The summed E-state index contributed by atoms with van der Waals surface area (Å²) in [6.45, 7) is 10.8. The summed E-state index contributed by atoms with van der Waals surface area (Å²) in [7, 11) is 2.99. The second-order valence-electron chi connectivity index (χ2n) is 26.6. The second-order valence-corrected chi connectivity index (χ2v) is 26.6. The Morgan fingerprint density at radius 2 is 0.536 bits per heavy atom. The van der Waals surface area contributed by atoms with E-state index >= 15 is 0 Å². The molecule has 8 heteroatoms. The first-order chi connectivity index (χ1) is 41.3. The van der Waals surface area contributed by atoms with Gasteiger partial charge in [0.05, 0.1) is 14.2 Å². The molecule has 0 saturated carbocycles. The van der Waals surface area contributed by atoms with Crippen LogP contribution in [0.4, 0.5) is 0 Å². The summed E-state index contributed by atoms with van der Waals surface area (Å²) >= 11 is 0. The van der Waals surface area contributed by atoms with Crippen LogP contribution in [0, 0.1) is 23.7 Å². The molecule has 84 heavy (non-hydrogen) atoms. The Labute approximate surface area is 524 Å². The normalized spacial score (nSPS) is 13.0. The summed E-state index contributed by atoms with van der Waals surface area (Å²) in [6.07, 6.45) is 73.3. The van der Waals surface area contributed by atoms with Crippen LogP contribution in [0.15, 0.2) is 0 Å². The van der Waals surface area contributed by atoms with E-state index in [1.54, 1.807) is 0 Å². The molecule has 1 N–H and O–H groups in total. The molecule has 0 spiro atoms. The van der Waals surface area contributed by atoms with E-state index in [1.165, 1.54) is 297 Å². The number of unbranched alkanes of at least 4 members (excludes halogenated alkanes) is 38. The number of amides is 1. The van der Waals surface area contributed by atoms with Crippen molar-refractivity contribution < 1.29 is 33.4 Å². The lowest BCUT2D eigenvalue weighted by molar-refractivity contribution is -0.141. The van der Waals surface area contributed by atoms with Gasteiger partial charge in [0.15, 0.2) is 5.78 Å². The van der Waals surface area contributed by atoms with Gasteiger partial charge in [-0.2, -0.15) is 0 Å². The number of nitrogens with one attached hydrogen (secondary N) is 1. The van der Waals surface area contributed by atoms with Crippen LogP contribution < -0.4 is 5.32 Å². The lowest BCUT2D eigenvalue weighted by Crippen LogP contribution is -2.24. The van der Waals surface area contributed by atoms with E-state index in [0.717, 1.165) is 101 Å². The monoisotopic (exact) mass is 1190 g/mol. The summed E-state index contributed by atoms with van der Waals surface area (Å²) < 4.78 is 15.5. The van der Waals surface area contributed by atoms with Crippen molar-refractivity contribution in [2.24, 2.45) is 23.7 Å². The Morgan fingerprint density at radius 3 is 0.833 bits per heavy atom. The SMILES string of the molecule is CCCCCCCCC(CCCCCCCC(=O)COCCCCCNC(=O)CCCCCCCC(CCCCCCCC)C(CCCCCCCC)CCCCCCCC(=O)OC)C(CCCCCCCC)CCCCCCCC(=O)OC. The van der Waals surface area contributed by atoms with Crippen LogP contribution in [0.25, 0.3) is 0 Å². The zero-order valence-electron chi connectivity index (χ0n) is 57.5. The summed E-state index contributed by atoms with van der Waals surface area (Å²) in [5.41, 5.74) is 0. The third kappa shape index (κ3) is 57.8. The smallest absolute Gasteiger partial charge is 0.305 e. The maximum Gasteiger partial charge on any atom is 0.305 e. The molecule has 0 aliphatic carbocycles. The molecule has 0 aromatic carbocycles. The minimum Gasteiger partial charge on any atom is -0.469 e. The molecular weight excluding hydrogens is 1040 g/mol. The van der Waals surface area contributed by atoms with E-state index in [1.807, 2.05) is 0 Å². The van der Waals surface area contributed by atoms with Crippen LogP contribution in [0.2, 0.25) is 0 Å². The highest BCUT2D eigenvalue weighted by Gasteiger charge is 2.23. The van der Waals surface area contributed by atoms with Gasteiger partial charge in [0, 0.05) is 38.8 Å². The largest absolute Gasteiger partial charge is 0.469 e. The van der Waals surface area contributed by atoms with Crippen LogP contribution in [0.5, 0.6) is 0 Å². The predicted molar refractivity (Wildman–Crippen MR) is 362 cm³/mol. The van der Waals surface area contributed by atoms with Crippen molar-refractivity contribution in [1.29, 1.82) is 0 Å². The topological polar surface area (TPSA) is 108 Å². The second kappa shape index (κ2) is 67.0. The van der Waals surface area contributed by atoms with E-state index in [-0.39, 0.29) is 30.2 Å². The number of hydrogen-bond donors (Lipinski definition) is 1. The van der Waals surface area contributed by atoms with Crippen LogP contribution in [-0.2, 0) is 33.4 Å². The molecule has 0 aliphatic heterocycles. The van der Waals surface area contributed by atoms with Gasteiger partial charge < -0.3 is 19.5 Å². The van der Waals surface area contributed by atoms with Crippen molar-refractivity contribution in [2.45, 2.75) is 407 Å². The number of ketones is 1. The van der Waals surface area contributed by atoms with Crippen molar-refractivity contribution in [3.63, 3.8) is 0 Å². The minimum atomic E-state index is -0.0741. The first-order valence-corrected chi connectivity index (χ1v) is 37.8. The van der Waals surface area contributed by atoms with Crippen molar-refractivity contribution in [3.8, 4) is 0 Å². The molecule has 0 rings (SSSR count). The number of Topliss-reactive ketones (excluding diaryl/α,β-unsaturated/α-hetero) is 1. The number of hydrogen-bond acceptors (Lipinski definition) is 7. The van der Waals surface area contributed by atoms with Crippen LogP contribution in [0.3, 0.4) is 0 Å². The van der Waals surface area contributed by atoms with Gasteiger partial charge in [-0.05, 0) is 68.6 Å². The van der Waals surface area contributed by atoms with Gasteiger partial charge in [0.2, 0.25) is 5.91 Å². The zero-order valence-corrected chi connectivity index (χ0v) is 57.5. The number of esters is 2. The Bertz CT molecular complexity index is 1290. The molecule has 4 unspecified atom stereocenters. The number of carbonyl (C=O) groups is 4. The standard InChI is InChI=1S/C76H147NO7/c1-7-11-15-19-27-40-54-69(71(56-42-29-21-17-13-9-3)60-46-33-25-37-50-64-75(80)82-5)58-44-31-23-35-48-62-73(78)68-84-67-53-39-52-66-77-74(79)63-49-36-24-32-45-59-70(55-41-28-20-16-12-8-2)72(57-43-30-22-18-14-10-4)61-47-34-26-38-51-65-76(81)83-6/h69-72H,7-68H2,1-6H3,(H,77,79). The van der Waals surface area contributed by atoms with Gasteiger partial charge >= 0.3 is 11.9 Å². The summed E-state index contributed by atoms with van der Waals surface area (Å²) in [5, 5.41) is 3.16. The van der Waals surface area contributed by atoms with E-state index in [0.29, 0.717) is 32.3 Å². The highest BCUT2D eigenvalue weighted by atomic mass is 16.5. The van der Waals surface area contributed by atoms with Crippen molar-refractivity contribution >= 4 is 23.6 Å². The highest BCUT2D eigenvalue weighted by molar-refractivity contribution is 5.79. The summed E-state index contributed by atoms with van der Waals surface area (Å²) in [4.78, 5) is 48.5. The van der Waals surface area contributed by atoms with Crippen molar-refractivity contribution in [1.82, 2.24) is 5.32 Å². The number of methoxy groups -OCH3 is 2. The van der Waals surface area contributed by atoms with Gasteiger partial charge in [0.1, 0.15) is 6.61 Å². The van der Waals surface area contributed by atoms with Gasteiger partial charge in [-0.15, -0.1) is 0 Å².